The van der Waals surface area contributed by atoms with Crippen LogP contribution < -0.4 is 10.6 Å². The molecule has 0 bridgehead atoms. The number of rotatable bonds is 2. The summed E-state index contributed by atoms with van der Waals surface area (Å²) < 4.78 is 18.4. The van der Waals surface area contributed by atoms with Crippen LogP contribution >= 0.6 is 6.72 Å². The van der Waals surface area contributed by atoms with Crippen molar-refractivity contribution < 1.29 is 23.8 Å². The van der Waals surface area contributed by atoms with Gasteiger partial charge in [0.2, 0.25) is 5.95 Å². The molecule has 3 fully saturated rings. The Morgan fingerprint density at radius 1 is 1.25 bits per heavy atom. The number of hydrogen-bond acceptors (Lipinski definition) is 10. The van der Waals surface area contributed by atoms with Crippen LogP contribution in [0.2, 0.25) is 0 Å². The monoisotopic (exact) mass is 428 g/mol. The highest BCUT2D eigenvalue weighted by atomic mass is 32.5. The van der Waals surface area contributed by atoms with Crippen LogP contribution in [0.5, 0.6) is 0 Å². The standard InChI is InChI=1S/C15H21N6O5PS/c16-12-9-13(18-7-17-12)21(15(19-9)20-4-2-1-3-5-20)14-10(22)11-8(25-14)6-24-27(23,28)26-11/h7-8,10-11,14,22H,1-6H2,(H,23,28)(H2,16,17,18)/t8-,10-,11-,14-,27?/m1/s1. The molecule has 3 saturated heterocycles. The number of nitrogen functional groups attached to an aromatic ring is 1. The minimum absolute atomic E-state index is 0.0504. The fourth-order valence-electron chi connectivity index (χ4n) is 4.02. The van der Waals surface area contributed by atoms with Crippen LogP contribution in [0.1, 0.15) is 25.5 Å². The zero-order chi connectivity index (χ0) is 19.5. The molecule has 5 heterocycles. The normalized spacial score (nSPS) is 36.0. The molecule has 2 aromatic rings. The van der Waals surface area contributed by atoms with Crippen molar-refractivity contribution in [1.82, 2.24) is 19.5 Å². The smallest absolute Gasteiger partial charge is 0.325 e. The summed E-state index contributed by atoms with van der Waals surface area (Å²) in [6, 6.07) is 0. The molecule has 0 saturated carbocycles. The molecule has 3 aliphatic heterocycles. The van der Waals surface area contributed by atoms with Crippen molar-refractivity contribution in [2.45, 2.75) is 43.8 Å². The Bertz CT molecular complexity index is 952. The zero-order valence-electron chi connectivity index (χ0n) is 14.9. The van der Waals surface area contributed by atoms with Gasteiger partial charge in [-0.25, -0.2) is 15.0 Å². The molecular weight excluding hydrogens is 407 g/mol. The molecule has 5 rings (SSSR count). The summed E-state index contributed by atoms with van der Waals surface area (Å²) in [4.78, 5) is 25.1. The maximum atomic E-state index is 11.0. The molecule has 0 spiro atoms. The summed E-state index contributed by atoms with van der Waals surface area (Å²) in [7, 11) is 0. The van der Waals surface area contributed by atoms with E-state index in [2.05, 4.69) is 19.9 Å². The minimum Gasteiger partial charge on any atom is -0.386 e. The summed E-state index contributed by atoms with van der Waals surface area (Å²) >= 11 is 4.92. The lowest BCUT2D eigenvalue weighted by Gasteiger charge is -2.30. The second-order valence-electron chi connectivity index (χ2n) is 7.15. The van der Waals surface area contributed by atoms with Crippen LogP contribution in [0.15, 0.2) is 6.33 Å². The number of ether oxygens (including phenoxy) is 1. The lowest BCUT2D eigenvalue weighted by Crippen LogP contribution is -2.39. The van der Waals surface area contributed by atoms with Crippen molar-refractivity contribution in [1.29, 1.82) is 0 Å². The van der Waals surface area contributed by atoms with E-state index in [4.69, 9.17) is 31.3 Å². The van der Waals surface area contributed by atoms with Gasteiger partial charge < -0.3 is 29.9 Å². The van der Waals surface area contributed by atoms with Gasteiger partial charge in [-0.2, -0.15) is 0 Å². The van der Waals surface area contributed by atoms with Crippen LogP contribution in [-0.4, -0.2) is 67.5 Å². The lowest BCUT2D eigenvalue weighted by molar-refractivity contribution is -0.0589. The van der Waals surface area contributed by atoms with E-state index in [1.165, 1.54) is 6.33 Å². The number of imidazole rings is 1. The molecule has 28 heavy (non-hydrogen) atoms. The fraction of sp³-hybridized carbons (Fsp3) is 0.667. The van der Waals surface area contributed by atoms with Gasteiger partial charge in [0.05, 0.1) is 6.61 Å². The Morgan fingerprint density at radius 3 is 2.82 bits per heavy atom. The van der Waals surface area contributed by atoms with Crippen LogP contribution in [0.4, 0.5) is 11.8 Å². The molecule has 3 aliphatic rings. The number of nitrogens with zero attached hydrogens (tertiary/aromatic N) is 5. The molecule has 11 nitrogen and oxygen atoms in total. The quantitative estimate of drug-likeness (QED) is 0.568. The molecule has 0 aromatic carbocycles. The Labute approximate surface area is 165 Å². The predicted molar refractivity (Wildman–Crippen MR) is 103 cm³/mol. The average Bonchev–Trinajstić information content (AvgIpc) is 3.21. The third kappa shape index (κ3) is 3.00. The van der Waals surface area contributed by atoms with Gasteiger partial charge >= 0.3 is 6.72 Å². The number of fused-ring (bicyclic) bond motifs is 2. The van der Waals surface area contributed by atoms with Gasteiger partial charge in [-0.3, -0.25) is 9.09 Å². The Balaban J connectivity index is 1.60. The van der Waals surface area contributed by atoms with Gasteiger partial charge in [0.1, 0.15) is 24.6 Å². The molecule has 0 radical (unpaired) electrons. The topological polar surface area (TPSA) is 141 Å². The molecule has 0 aliphatic carbocycles. The SMILES string of the molecule is Nc1ncnc2c1nc(N1CCCCC1)n2[C@@H]1O[C@@H]2COP(O)(=S)O[C@H]2[C@H]1O. The van der Waals surface area contributed by atoms with Crippen molar-refractivity contribution in [3.8, 4) is 0 Å². The van der Waals surface area contributed by atoms with E-state index in [-0.39, 0.29) is 12.4 Å². The van der Waals surface area contributed by atoms with E-state index in [0.717, 1.165) is 32.4 Å². The second-order valence-corrected chi connectivity index (χ2v) is 9.94. The first-order valence-corrected chi connectivity index (χ1v) is 11.8. The van der Waals surface area contributed by atoms with Gasteiger partial charge in [-0.1, -0.05) is 0 Å². The number of aromatic nitrogens is 4. The van der Waals surface area contributed by atoms with Crippen LogP contribution in [0.3, 0.4) is 0 Å². The highest BCUT2D eigenvalue weighted by Crippen LogP contribution is 2.53. The van der Waals surface area contributed by atoms with E-state index in [0.29, 0.717) is 17.1 Å². The van der Waals surface area contributed by atoms with Gasteiger partial charge in [0.15, 0.2) is 23.2 Å². The molecule has 5 atom stereocenters. The molecule has 4 N–H and O–H groups in total. The summed E-state index contributed by atoms with van der Waals surface area (Å²) in [5.74, 6) is 0.881. The number of anilines is 2. The van der Waals surface area contributed by atoms with E-state index < -0.39 is 31.3 Å². The van der Waals surface area contributed by atoms with Crippen molar-refractivity contribution in [2.75, 3.05) is 30.3 Å². The highest BCUT2D eigenvalue weighted by molar-refractivity contribution is 8.07. The van der Waals surface area contributed by atoms with E-state index in [9.17, 15) is 10.00 Å². The number of piperidine rings is 1. The van der Waals surface area contributed by atoms with E-state index >= 15 is 0 Å². The van der Waals surface area contributed by atoms with Gasteiger partial charge in [0, 0.05) is 13.1 Å². The molecule has 152 valence electrons. The van der Waals surface area contributed by atoms with Crippen LogP contribution in [0, 0.1) is 0 Å². The number of aliphatic hydroxyl groups is 1. The third-order valence-corrected chi connectivity index (χ3v) is 6.91. The molecule has 0 amide bonds. The van der Waals surface area contributed by atoms with Crippen molar-refractivity contribution in [3.63, 3.8) is 0 Å². The number of nitrogens with two attached hydrogens (primary N) is 1. The number of hydrogen-bond donors (Lipinski definition) is 3. The Hall–Kier alpha value is -1.40. The van der Waals surface area contributed by atoms with Crippen molar-refractivity contribution in [2.24, 2.45) is 0 Å². The van der Waals surface area contributed by atoms with E-state index in [1.54, 1.807) is 4.57 Å². The summed E-state index contributed by atoms with van der Waals surface area (Å²) in [5, 5.41) is 11.0. The predicted octanol–water partition coefficient (Wildman–Crippen LogP) is 0.289. The average molecular weight is 428 g/mol. The maximum Gasteiger partial charge on any atom is 0.325 e. The molecule has 13 heteroatoms. The fourth-order valence-corrected chi connectivity index (χ4v) is 5.46. The summed E-state index contributed by atoms with van der Waals surface area (Å²) in [5.41, 5.74) is 6.95. The van der Waals surface area contributed by atoms with E-state index in [1.807, 2.05) is 0 Å². The Morgan fingerprint density at radius 2 is 2.04 bits per heavy atom. The first-order valence-electron chi connectivity index (χ1n) is 9.17. The summed E-state index contributed by atoms with van der Waals surface area (Å²) in [6.07, 6.45) is 1.36. The number of aliphatic hydroxyl groups excluding tert-OH is 1. The molecule has 1 unspecified atom stereocenters. The van der Waals surface area contributed by atoms with Gasteiger partial charge in [-0.05, 0) is 31.1 Å². The first kappa shape index (κ1) is 18.6. The van der Waals surface area contributed by atoms with Crippen molar-refractivity contribution in [3.05, 3.63) is 6.33 Å². The van der Waals surface area contributed by atoms with Crippen LogP contribution in [-0.2, 0) is 25.6 Å². The summed E-state index contributed by atoms with van der Waals surface area (Å²) in [6.45, 7) is -1.66. The molecular formula is C15H21N6O5PS. The largest absolute Gasteiger partial charge is 0.386 e. The van der Waals surface area contributed by atoms with Crippen molar-refractivity contribution >= 4 is 41.5 Å². The zero-order valence-corrected chi connectivity index (χ0v) is 16.6. The van der Waals surface area contributed by atoms with Gasteiger partial charge in [-0.15, -0.1) is 0 Å². The molecule has 2 aromatic heterocycles. The van der Waals surface area contributed by atoms with Gasteiger partial charge in [0.25, 0.3) is 0 Å². The lowest BCUT2D eigenvalue weighted by atomic mass is 10.1. The first-order chi connectivity index (χ1) is 13.4. The Kier molecular flexibility index (Phi) is 4.55. The minimum atomic E-state index is -3.38. The van der Waals surface area contributed by atoms with Crippen LogP contribution in [0.25, 0.3) is 11.2 Å². The highest BCUT2D eigenvalue weighted by Gasteiger charge is 2.52. The third-order valence-electron chi connectivity index (χ3n) is 5.35. The maximum absolute atomic E-state index is 11.0. The second kappa shape index (κ2) is 6.84.